The van der Waals surface area contributed by atoms with Gasteiger partial charge < -0.3 is 4.42 Å². The monoisotopic (exact) mass is 403 g/mol. The van der Waals surface area contributed by atoms with Crippen molar-refractivity contribution in [2.45, 2.75) is 33.9 Å². The van der Waals surface area contributed by atoms with E-state index in [9.17, 15) is 22.8 Å². The lowest BCUT2D eigenvalue weighted by atomic mass is 9.91. The largest absolute Gasteiger partial charge is 0.432 e. The Bertz CT molecular complexity index is 966. The van der Waals surface area contributed by atoms with Crippen LogP contribution in [0.3, 0.4) is 0 Å². The summed E-state index contributed by atoms with van der Waals surface area (Å²) in [5, 5.41) is 0. The van der Waals surface area contributed by atoms with Gasteiger partial charge in [0.15, 0.2) is 5.69 Å². The minimum Gasteiger partial charge on any atom is -0.432 e. The maximum absolute atomic E-state index is 12.6. The van der Waals surface area contributed by atoms with E-state index in [-0.39, 0.29) is 34.0 Å². The second-order valence-corrected chi connectivity index (χ2v) is 5.48. The fraction of sp³-hybridized carbons (Fsp3) is 0.227. The van der Waals surface area contributed by atoms with Crippen molar-refractivity contribution in [1.82, 2.24) is 4.98 Å². The number of hydrogen-bond donors (Lipinski definition) is 0. The highest BCUT2D eigenvalue weighted by Crippen LogP contribution is 2.33. The van der Waals surface area contributed by atoms with Crippen LogP contribution in [0.2, 0.25) is 0 Å². The Kier molecular flexibility index (Phi) is 6.74. The quantitative estimate of drug-likeness (QED) is 0.380. The topological polar surface area (TPSA) is 60.2 Å². The number of carbonyl (C=O) groups excluding carboxylic acids is 2. The van der Waals surface area contributed by atoms with Crippen molar-refractivity contribution in [3.8, 4) is 11.5 Å². The third-order valence-corrected chi connectivity index (χ3v) is 3.92. The number of hydrogen-bond acceptors (Lipinski definition) is 4. The highest BCUT2D eigenvalue weighted by atomic mass is 19.4. The van der Waals surface area contributed by atoms with Crippen LogP contribution in [0.5, 0.6) is 0 Å². The normalized spacial score (nSPS) is 12.1. The molecule has 1 aliphatic carbocycles. The summed E-state index contributed by atoms with van der Waals surface area (Å²) < 4.78 is 43.3. The molecule has 0 unspecified atom stereocenters. The molecule has 0 bridgehead atoms. The minimum atomic E-state index is -4.46. The molecule has 1 aromatic heterocycles. The Balaban J connectivity index is 0.000000707. The van der Waals surface area contributed by atoms with Crippen LogP contribution in [0.4, 0.5) is 13.2 Å². The average molecular weight is 403 g/mol. The molecule has 0 spiro atoms. The van der Waals surface area contributed by atoms with E-state index >= 15 is 0 Å². The zero-order valence-corrected chi connectivity index (χ0v) is 16.4. The highest BCUT2D eigenvalue weighted by Gasteiger charge is 2.35. The molecule has 1 aliphatic rings. The number of fused-ring (bicyclic) bond motifs is 2. The van der Waals surface area contributed by atoms with Crippen LogP contribution >= 0.6 is 0 Å². The number of aromatic nitrogens is 1. The van der Waals surface area contributed by atoms with Gasteiger partial charge in [0.25, 0.3) is 0 Å². The Labute approximate surface area is 166 Å². The van der Waals surface area contributed by atoms with Gasteiger partial charge in [-0.1, -0.05) is 52.0 Å². The van der Waals surface area contributed by atoms with E-state index in [0.717, 1.165) is 12.1 Å². The number of halogens is 3. The van der Waals surface area contributed by atoms with Gasteiger partial charge in [0.1, 0.15) is 0 Å². The van der Waals surface area contributed by atoms with E-state index in [2.05, 4.69) is 4.98 Å². The number of ketones is 2. The first-order chi connectivity index (χ1) is 13.9. The zero-order valence-electron chi connectivity index (χ0n) is 16.4. The maximum Gasteiger partial charge on any atom is 0.416 e. The molecule has 4 rings (SSSR count). The Hall–Kier alpha value is -3.22. The molecular weight excluding hydrogens is 383 g/mol. The van der Waals surface area contributed by atoms with Crippen molar-refractivity contribution < 1.29 is 27.2 Å². The first-order valence-electron chi connectivity index (χ1n) is 9.23. The summed E-state index contributed by atoms with van der Waals surface area (Å²) in [6, 6.07) is 10.4. The van der Waals surface area contributed by atoms with E-state index in [0.29, 0.717) is 0 Å². The molecule has 29 heavy (non-hydrogen) atoms. The summed E-state index contributed by atoms with van der Waals surface area (Å²) >= 11 is 0. The van der Waals surface area contributed by atoms with E-state index < -0.39 is 23.3 Å². The molecule has 3 aromatic rings. The molecule has 0 fully saturated rings. The van der Waals surface area contributed by atoms with Crippen LogP contribution in [0.25, 0.3) is 11.5 Å². The zero-order chi connectivity index (χ0) is 21.8. The van der Waals surface area contributed by atoms with Crippen LogP contribution in [-0.4, -0.2) is 16.6 Å². The average Bonchev–Trinajstić information content (AvgIpc) is 3.20. The number of carbonyl (C=O) groups is 2. The van der Waals surface area contributed by atoms with Gasteiger partial charge in [0.2, 0.25) is 23.2 Å². The molecule has 1 heterocycles. The molecule has 0 amide bonds. The molecule has 0 aliphatic heterocycles. The van der Waals surface area contributed by atoms with E-state index in [1.807, 2.05) is 27.7 Å². The van der Waals surface area contributed by atoms with Gasteiger partial charge >= 0.3 is 6.18 Å². The molecule has 2 aromatic carbocycles. The van der Waals surface area contributed by atoms with Crippen molar-refractivity contribution in [2.24, 2.45) is 0 Å². The predicted molar refractivity (Wildman–Crippen MR) is 103 cm³/mol. The third-order valence-electron chi connectivity index (χ3n) is 3.92. The van der Waals surface area contributed by atoms with E-state index in [4.69, 9.17) is 4.42 Å². The second kappa shape index (κ2) is 8.86. The van der Waals surface area contributed by atoms with Gasteiger partial charge in [-0.3, -0.25) is 9.59 Å². The Morgan fingerprint density at radius 2 is 1.31 bits per heavy atom. The number of alkyl halides is 3. The van der Waals surface area contributed by atoms with Crippen molar-refractivity contribution >= 4 is 11.6 Å². The van der Waals surface area contributed by atoms with Crippen molar-refractivity contribution in [2.75, 3.05) is 0 Å². The fourth-order valence-corrected chi connectivity index (χ4v) is 2.68. The third kappa shape index (κ3) is 4.13. The fourth-order valence-electron chi connectivity index (χ4n) is 2.68. The van der Waals surface area contributed by atoms with Crippen molar-refractivity contribution in [3.05, 3.63) is 76.7 Å². The maximum atomic E-state index is 12.6. The summed E-state index contributed by atoms with van der Waals surface area (Å²) in [6.45, 7) is 8.00. The summed E-state index contributed by atoms with van der Waals surface area (Å²) in [7, 11) is 0. The molecule has 0 saturated heterocycles. The number of oxazole rings is 1. The summed E-state index contributed by atoms with van der Waals surface area (Å²) in [6.07, 6.45) is -4.46. The summed E-state index contributed by atoms with van der Waals surface area (Å²) in [5.74, 6) is -1.20. The Morgan fingerprint density at radius 3 is 1.83 bits per heavy atom. The summed E-state index contributed by atoms with van der Waals surface area (Å²) in [4.78, 5) is 28.9. The first-order valence-corrected chi connectivity index (χ1v) is 9.23. The molecule has 0 atom stereocenters. The van der Waals surface area contributed by atoms with Crippen LogP contribution < -0.4 is 0 Å². The molecule has 152 valence electrons. The minimum absolute atomic E-state index is 0.0757. The van der Waals surface area contributed by atoms with Gasteiger partial charge in [-0.15, -0.1) is 0 Å². The Morgan fingerprint density at radius 1 is 0.793 bits per heavy atom. The summed E-state index contributed by atoms with van der Waals surface area (Å²) in [5.41, 5.74) is -0.250. The van der Waals surface area contributed by atoms with E-state index in [1.165, 1.54) is 24.3 Å². The molecule has 0 saturated carbocycles. The molecular formula is C22H20F3NO3. The van der Waals surface area contributed by atoms with Gasteiger partial charge in [-0.25, -0.2) is 4.98 Å². The number of nitrogens with zero attached hydrogens (tertiary/aromatic N) is 1. The molecule has 7 heteroatoms. The lowest BCUT2D eigenvalue weighted by Gasteiger charge is -2.10. The second-order valence-electron chi connectivity index (χ2n) is 5.48. The SMILES string of the molecule is CC.CC.O=C1c2ccccc2C(=O)c2oc(-c3ccc(C(F)(F)F)cc3)nc21. The van der Waals surface area contributed by atoms with Gasteiger partial charge in [0.05, 0.1) is 5.56 Å². The number of benzene rings is 2. The van der Waals surface area contributed by atoms with Gasteiger partial charge in [-0.05, 0) is 24.3 Å². The van der Waals surface area contributed by atoms with Gasteiger partial charge in [0, 0.05) is 16.7 Å². The standard InChI is InChI=1S/C18H8F3NO3.2C2H6/c19-18(20,21)10-7-5-9(6-8-10)17-22-13-14(23)11-3-1-2-4-12(11)15(24)16(13)25-17;2*1-2/h1-8H;2*1-2H3. The van der Waals surface area contributed by atoms with Crippen molar-refractivity contribution in [1.29, 1.82) is 0 Å². The van der Waals surface area contributed by atoms with Crippen molar-refractivity contribution in [3.63, 3.8) is 0 Å². The van der Waals surface area contributed by atoms with Crippen LogP contribution in [0.15, 0.2) is 52.9 Å². The molecule has 0 radical (unpaired) electrons. The molecule has 0 N–H and O–H groups in total. The predicted octanol–water partition coefficient (Wildman–Crippen LogP) is 6.19. The first kappa shape index (κ1) is 22.1. The molecule has 4 nitrogen and oxygen atoms in total. The highest BCUT2D eigenvalue weighted by molar-refractivity contribution is 6.26. The van der Waals surface area contributed by atoms with Crippen LogP contribution in [0.1, 0.15) is 65.4 Å². The smallest absolute Gasteiger partial charge is 0.416 e. The van der Waals surface area contributed by atoms with Crippen LogP contribution in [-0.2, 0) is 6.18 Å². The lowest BCUT2D eigenvalue weighted by Crippen LogP contribution is -2.19. The number of rotatable bonds is 1. The van der Waals surface area contributed by atoms with Crippen LogP contribution in [0, 0.1) is 0 Å². The van der Waals surface area contributed by atoms with Gasteiger partial charge in [-0.2, -0.15) is 13.2 Å². The lowest BCUT2D eigenvalue weighted by molar-refractivity contribution is -0.137. The van der Waals surface area contributed by atoms with E-state index in [1.54, 1.807) is 12.1 Å².